The minimum absolute atomic E-state index is 0.253. The molecule has 0 saturated heterocycles. The number of benzene rings is 4. The minimum atomic E-state index is -4.74. The largest absolute Gasteiger partial charge is 0.573 e. The number of anilines is 1. The van der Waals surface area contributed by atoms with E-state index in [4.69, 9.17) is 0 Å². The first-order valence-electron chi connectivity index (χ1n) is 13.3. The van der Waals surface area contributed by atoms with Gasteiger partial charge >= 0.3 is 12.4 Å². The monoisotopic (exact) mass is 571 g/mol. The lowest BCUT2D eigenvalue weighted by Gasteiger charge is -2.10. The molecular weight excluding hydrogens is 543 g/mol. The van der Waals surface area contributed by atoms with Crippen LogP contribution in [0, 0.1) is 6.92 Å². The number of carbonyl (C=O) groups is 1. The van der Waals surface area contributed by atoms with Gasteiger partial charge in [0.05, 0.1) is 5.69 Å². The zero-order valence-electron chi connectivity index (χ0n) is 22.7. The van der Waals surface area contributed by atoms with E-state index in [1.165, 1.54) is 40.8 Å². The first-order chi connectivity index (χ1) is 20.2. The average molecular weight is 572 g/mol. The van der Waals surface area contributed by atoms with Gasteiger partial charge in [0.2, 0.25) is 0 Å². The lowest BCUT2D eigenvalue weighted by Crippen LogP contribution is -2.29. The SMILES string of the molecule is Cc1ccccc1-c1cccc(NC(=O)NCCCc2ccc(-c3ncn(-c4ccc(OC(F)(F)F)cc4)n3)cc2)c1. The van der Waals surface area contributed by atoms with Crippen molar-refractivity contribution in [2.45, 2.75) is 26.1 Å². The van der Waals surface area contributed by atoms with Crippen molar-refractivity contribution in [1.29, 1.82) is 0 Å². The van der Waals surface area contributed by atoms with E-state index in [1.54, 1.807) is 0 Å². The van der Waals surface area contributed by atoms with Crippen LogP contribution in [0.25, 0.3) is 28.2 Å². The summed E-state index contributed by atoms with van der Waals surface area (Å²) in [6, 6.07) is 28.8. The third-order valence-electron chi connectivity index (χ3n) is 6.54. The molecule has 2 N–H and O–H groups in total. The summed E-state index contributed by atoms with van der Waals surface area (Å²) >= 11 is 0. The standard InChI is InChI=1S/C32H28F3N5O2/c1-22-6-2-3-10-29(22)25-8-4-9-26(20-25)38-31(41)36-19-5-7-23-11-13-24(14-12-23)30-37-21-40(39-30)27-15-17-28(18-16-27)42-32(33,34)35/h2-4,6,8-18,20-21H,5,7,19H2,1H3,(H2,36,38,41). The summed E-state index contributed by atoms with van der Waals surface area (Å²) in [7, 11) is 0. The Labute approximate surface area is 241 Å². The van der Waals surface area contributed by atoms with E-state index in [2.05, 4.69) is 44.5 Å². The van der Waals surface area contributed by atoms with E-state index < -0.39 is 6.36 Å². The van der Waals surface area contributed by atoms with Crippen molar-refractivity contribution in [3.63, 3.8) is 0 Å². The summed E-state index contributed by atoms with van der Waals surface area (Å²) in [5.41, 5.74) is 6.54. The van der Waals surface area contributed by atoms with Crippen LogP contribution in [-0.4, -0.2) is 33.7 Å². The van der Waals surface area contributed by atoms with E-state index in [-0.39, 0.29) is 11.8 Å². The number of nitrogens with one attached hydrogen (secondary N) is 2. The molecule has 0 spiro atoms. The smallest absolute Gasteiger partial charge is 0.406 e. The lowest BCUT2D eigenvalue weighted by molar-refractivity contribution is -0.274. The molecule has 1 aromatic heterocycles. The number of nitrogens with zero attached hydrogens (tertiary/aromatic N) is 3. The highest BCUT2D eigenvalue weighted by molar-refractivity contribution is 5.90. The van der Waals surface area contributed by atoms with Gasteiger partial charge in [-0.1, -0.05) is 60.7 Å². The summed E-state index contributed by atoms with van der Waals surface area (Å²) in [4.78, 5) is 16.7. The molecule has 5 rings (SSSR count). The number of hydrogen-bond donors (Lipinski definition) is 2. The van der Waals surface area contributed by atoms with Gasteiger partial charge in [-0.2, -0.15) is 0 Å². The maximum Gasteiger partial charge on any atom is 0.573 e. The third-order valence-corrected chi connectivity index (χ3v) is 6.54. The molecule has 0 bridgehead atoms. The van der Waals surface area contributed by atoms with Crippen molar-refractivity contribution in [1.82, 2.24) is 20.1 Å². The molecule has 214 valence electrons. The molecule has 0 aliphatic heterocycles. The van der Waals surface area contributed by atoms with Crippen molar-refractivity contribution < 1.29 is 22.7 Å². The topological polar surface area (TPSA) is 81.1 Å². The van der Waals surface area contributed by atoms with Gasteiger partial charge in [0.25, 0.3) is 0 Å². The van der Waals surface area contributed by atoms with Crippen LogP contribution in [0.3, 0.4) is 0 Å². The first-order valence-corrected chi connectivity index (χ1v) is 13.3. The minimum Gasteiger partial charge on any atom is -0.406 e. The Balaban J connectivity index is 1.09. The van der Waals surface area contributed by atoms with E-state index >= 15 is 0 Å². The van der Waals surface area contributed by atoms with Gasteiger partial charge in [0, 0.05) is 17.8 Å². The highest BCUT2D eigenvalue weighted by atomic mass is 19.4. The first kappa shape index (κ1) is 28.4. The number of urea groups is 1. The second kappa shape index (κ2) is 12.6. The zero-order chi connectivity index (χ0) is 29.5. The van der Waals surface area contributed by atoms with Crippen molar-refractivity contribution in [3.05, 3.63) is 115 Å². The molecule has 7 nitrogen and oxygen atoms in total. The molecule has 0 saturated carbocycles. The summed E-state index contributed by atoms with van der Waals surface area (Å²) in [6.07, 6.45) is -1.71. The Hall–Kier alpha value is -5.12. The van der Waals surface area contributed by atoms with Crippen LogP contribution in [0.2, 0.25) is 0 Å². The molecule has 4 aromatic carbocycles. The van der Waals surface area contributed by atoms with E-state index in [1.807, 2.05) is 60.7 Å². The van der Waals surface area contributed by atoms with Crippen LogP contribution in [0.4, 0.5) is 23.7 Å². The molecule has 2 amide bonds. The zero-order valence-corrected chi connectivity index (χ0v) is 22.7. The van der Waals surface area contributed by atoms with Gasteiger partial charge in [-0.05, 0) is 78.4 Å². The maximum absolute atomic E-state index is 12.4. The van der Waals surface area contributed by atoms with Crippen LogP contribution in [0.1, 0.15) is 17.5 Å². The second-order valence-electron chi connectivity index (χ2n) is 9.63. The Bertz CT molecular complexity index is 1650. The Morgan fingerprint density at radius 3 is 2.40 bits per heavy atom. The number of aromatic nitrogens is 3. The quantitative estimate of drug-likeness (QED) is 0.179. The molecule has 5 aromatic rings. The molecule has 0 atom stereocenters. The summed E-state index contributed by atoms with van der Waals surface area (Å²) in [5.74, 6) is 0.184. The number of ether oxygens (including phenoxy) is 1. The van der Waals surface area contributed by atoms with Crippen molar-refractivity contribution >= 4 is 11.7 Å². The Morgan fingerprint density at radius 2 is 1.67 bits per heavy atom. The van der Waals surface area contributed by atoms with Crippen LogP contribution in [0.5, 0.6) is 5.75 Å². The highest BCUT2D eigenvalue weighted by Gasteiger charge is 2.31. The van der Waals surface area contributed by atoms with Crippen molar-refractivity contribution in [2.24, 2.45) is 0 Å². The Morgan fingerprint density at radius 1 is 0.905 bits per heavy atom. The lowest BCUT2D eigenvalue weighted by atomic mass is 10.0. The number of aryl methyl sites for hydroxylation is 2. The van der Waals surface area contributed by atoms with Gasteiger partial charge in [0.1, 0.15) is 12.1 Å². The van der Waals surface area contributed by atoms with Crippen molar-refractivity contribution in [2.75, 3.05) is 11.9 Å². The predicted octanol–water partition coefficient (Wildman–Crippen LogP) is 7.56. The molecular formula is C32H28F3N5O2. The van der Waals surface area contributed by atoms with E-state index in [0.29, 0.717) is 18.1 Å². The van der Waals surface area contributed by atoms with Gasteiger partial charge in [0.15, 0.2) is 5.82 Å². The molecule has 0 unspecified atom stereocenters. The molecule has 0 fully saturated rings. The molecule has 42 heavy (non-hydrogen) atoms. The van der Waals surface area contributed by atoms with E-state index in [9.17, 15) is 18.0 Å². The normalized spacial score (nSPS) is 11.2. The summed E-state index contributed by atoms with van der Waals surface area (Å²) < 4.78 is 42.5. The highest BCUT2D eigenvalue weighted by Crippen LogP contribution is 2.26. The summed E-state index contributed by atoms with van der Waals surface area (Å²) in [5, 5.41) is 10.2. The number of carbonyl (C=O) groups excluding carboxylic acids is 1. The fraction of sp³-hybridized carbons (Fsp3) is 0.156. The Kier molecular flexibility index (Phi) is 8.52. The van der Waals surface area contributed by atoms with Crippen LogP contribution in [-0.2, 0) is 6.42 Å². The van der Waals surface area contributed by atoms with E-state index in [0.717, 1.165) is 40.8 Å². The van der Waals surface area contributed by atoms with Gasteiger partial charge in [-0.15, -0.1) is 18.3 Å². The summed E-state index contributed by atoms with van der Waals surface area (Å²) in [6.45, 7) is 2.58. The molecule has 0 aliphatic rings. The number of halogens is 3. The number of rotatable bonds is 9. The average Bonchev–Trinajstić information content (AvgIpc) is 3.46. The molecule has 10 heteroatoms. The van der Waals surface area contributed by atoms with Crippen LogP contribution >= 0.6 is 0 Å². The number of alkyl halides is 3. The second-order valence-corrected chi connectivity index (χ2v) is 9.63. The number of hydrogen-bond acceptors (Lipinski definition) is 4. The molecule has 1 heterocycles. The fourth-order valence-electron chi connectivity index (χ4n) is 4.47. The molecule has 0 radical (unpaired) electrons. The van der Waals surface area contributed by atoms with Gasteiger partial charge in [-0.3, -0.25) is 0 Å². The molecule has 0 aliphatic carbocycles. The number of amides is 2. The van der Waals surface area contributed by atoms with Crippen molar-refractivity contribution in [3.8, 4) is 34.0 Å². The van der Waals surface area contributed by atoms with Crippen LogP contribution in [0.15, 0.2) is 103 Å². The maximum atomic E-state index is 12.4. The third kappa shape index (κ3) is 7.54. The van der Waals surface area contributed by atoms with Crippen LogP contribution < -0.4 is 15.4 Å². The van der Waals surface area contributed by atoms with Gasteiger partial charge < -0.3 is 15.4 Å². The fourth-order valence-corrected chi connectivity index (χ4v) is 4.47. The van der Waals surface area contributed by atoms with Gasteiger partial charge in [-0.25, -0.2) is 14.5 Å². The predicted molar refractivity (Wildman–Crippen MR) is 155 cm³/mol.